The van der Waals surface area contributed by atoms with Crippen LogP contribution in [0.5, 0.6) is 0 Å². The van der Waals surface area contributed by atoms with Gasteiger partial charge >= 0.3 is 6.18 Å². The number of rotatable bonds is 4. The Morgan fingerprint density at radius 3 is 2.39 bits per heavy atom. The summed E-state index contributed by atoms with van der Waals surface area (Å²) in [6, 6.07) is 3.21. The zero-order chi connectivity index (χ0) is 17.3. The van der Waals surface area contributed by atoms with E-state index in [2.05, 4.69) is 4.72 Å². The lowest BCUT2D eigenvalue weighted by Gasteiger charge is -2.33. The van der Waals surface area contributed by atoms with Gasteiger partial charge in [0, 0.05) is 6.04 Å². The highest BCUT2D eigenvalue weighted by Crippen LogP contribution is 2.38. The van der Waals surface area contributed by atoms with Crippen LogP contribution < -0.4 is 4.72 Å². The molecule has 0 aromatic heterocycles. The molecule has 0 radical (unpaired) electrons. The zero-order valence-electron chi connectivity index (χ0n) is 12.0. The van der Waals surface area contributed by atoms with Gasteiger partial charge in [0.05, 0.1) is 21.7 Å². The van der Waals surface area contributed by atoms with E-state index >= 15 is 0 Å². The molecule has 2 atom stereocenters. The molecule has 2 rings (SSSR count). The Hall–Kier alpha value is -0.500. The fourth-order valence-corrected chi connectivity index (χ4v) is 4.55. The summed E-state index contributed by atoms with van der Waals surface area (Å²) in [4.78, 5) is 0. The SMILES string of the molecule is O=S(=O)(Cc1ccc(Cl)c(Cl)c1)NC1CCCCC1C(F)(F)F. The summed E-state index contributed by atoms with van der Waals surface area (Å²) in [6.45, 7) is 0. The van der Waals surface area contributed by atoms with E-state index in [4.69, 9.17) is 23.2 Å². The topological polar surface area (TPSA) is 46.2 Å². The van der Waals surface area contributed by atoms with Crippen LogP contribution in [0.3, 0.4) is 0 Å². The lowest BCUT2D eigenvalue weighted by Crippen LogP contribution is -2.47. The molecule has 1 aliphatic rings. The molecule has 130 valence electrons. The van der Waals surface area contributed by atoms with E-state index in [0.29, 0.717) is 18.4 Å². The summed E-state index contributed by atoms with van der Waals surface area (Å²) in [5.74, 6) is -2.08. The van der Waals surface area contributed by atoms with Crippen LogP contribution in [0, 0.1) is 5.92 Å². The Morgan fingerprint density at radius 2 is 1.78 bits per heavy atom. The third kappa shape index (κ3) is 5.24. The average molecular weight is 390 g/mol. The number of halogens is 5. The van der Waals surface area contributed by atoms with Crippen LogP contribution in [0.4, 0.5) is 13.2 Å². The van der Waals surface area contributed by atoms with Gasteiger partial charge in [0.25, 0.3) is 0 Å². The predicted molar refractivity (Wildman–Crippen MR) is 84.0 cm³/mol. The van der Waals surface area contributed by atoms with Crippen molar-refractivity contribution in [1.82, 2.24) is 4.72 Å². The molecule has 23 heavy (non-hydrogen) atoms. The monoisotopic (exact) mass is 389 g/mol. The third-order valence-corrected chi connectivity index (χ3v) is 5.97. The van der Waals surface area contributed by atoms with Crippen LogP contribution in [-0.2, 0) is 15.8 Å². The molecular weight excluding hydrogens is 374 g/mol. The van der Waals surface area contributed by atoms with E-state index in [9.17, 15) is 21.6 Å². The van der Waals surface area contributed by atoms with Gasteiger partial charge in [-0.25, -0.2) is 13.1 Å². The quantitative estimate of drug-likeness (QED) is 0.821. The average Bonchev–Trinajstić information content (AvgIpc) is 2.41. The minimum absolute atomic E-state index is 0.0521. The molecule has 1 fully saturated rings. The molecule has 0 spiro atoms. The van der Waals surface area contributed by atoms with Crippen LogP contribution >= 0.6 is 23.2 Å². The van der Waals surface area contributed by atoms with E-state index in [1.807, 2.05) is 0 Å². The van der Waals surface area contributed by atoms with Crippen LogP contribution in [-0.4, -0.2) is 20.6 Å². The van der Waals surface area contributed by atoms with E-state index in [1.54, 1.807) is 0 Å². The van der Waals surface area contributed by atoms with Gasteiger partial charge in [-0.15, -0.1) is 0 Å². The Kier molecular flexibility index (Phi) is 5.87. The second kappa shape index (κ2) is 7.17. The molecule has 0 aliphatic heterocycles. The Labute approximate surface area is 143 Å². The summed E-state index contributed by atoms with van der Waals surface area (Å²) in [6.07, 6.45) is -3.24. The standard InChI is InChI=1S/C14H16Cl2F3NO2S/c15-11-6-5-9(7-12(11)16)8-23(21,22)20-13-4-2-1-3-10(13)14(17,18)19/h5-7,10,13,20H,1-4,8H2. The molecule has 0 saturated heterocycles. The first kappa shape index (κ1) is 18.8. The van der Waals surface area contributed by atoms with Crippen molar-refractivity contribution in [3.63, 3.8) is 0 Å². The van der Waals surface area contributed by atoms with Gasteiger partial charge in [-0.1, -0.05) is 42.1 Å². The van der Waals surface area contributed by atoms with E-state index in [0.717, 1.165) is 0 Å². The molecule has 0 heterocycles. The molecule has 9 heteroatoms. The molecule has 1 saturated carbocycles. The largest absolute Gasteiger partial charge is 0.393 e. The Morgan fingerprint density at radius 1 is 1.13 bits per heavy atom. The second-order valence-electron chi connectivity index (χ2n) is 5.66. The highest BCUT2D eigenvalue weighted by atomic mass is 35.5. The van der Waals surface area contributed by atoms with Crippen LogP contribution in [0.15, 0.2) is 18.2 Å². The molecule has 1 N–H and O–H groups in total. The van der Waals surface area contributed by atoms with Gasteiger partial charge in [-0.05, 0) is 30.5 Å². The minimum atomic E-state index is -4.41. The zero-order valence-corrected chi connectivity index (χ0v) is 14.4. The second-order valence-corrected chi connectivity index (χ2v) is 8.23. The van der Waals surface area contributed by atoms with Gasteiger partial charge in [-0.2, -0.15) is 13.2 Å². The summed E-state index contributed by atoms with van der Waals surface area (Å²) >= 11 is 11.6. The van der Waals surface area contributed by atoms with Crippen molar-refractivity contribution in [1.29, 1.82) is 0 Å². The maximum absolute atomic E-state index is 13.0. The van der Waals surface area contributed by atoms with Crippen LogP contribution in [0.2, 0.25) is 10.0 Å². The smallest absolute Gasteiger partial charge is 0.212 e. The van der Waals surface area contributed by atoms with Crippen LogP contribution in [0.25, 0.3) is 0 Å². The third-order valence-electron chi connectivity index (χ3n) is 3.86. The molecule has 2 unspecified atom stereocenters. The number of benzene rings is 1. The van der Waals surface area contributed by atoms with Gasteiger partial charge in [0.1, 0.15) is 0 Å². The van der Waals surface area contributed by atoms with Gasteiger partial charge < -0.3 is 0 Å². The van der Waals surface area contributed by atoms with E-state index < -0.39 is 33.9 Å². The number of hydrogen-bond acceptors (Lipinski definition) is 2. The summed E-state index contributed by atoms with van der Waals surface area (Å²) < 4.78 is 65.6. The fourth-order valence-electron chi connectivity index (χ4n) is 2.78. The molecule has 0 bridgehead atoms. The Balaban J connectivity index is 2.11. The van der Waals surface area contributed by atoms with Crippen molar-refractivity contribution in [3.05, 3.63) is 33.8 Å². The highest BCUT2D eigenvalue weighted by molar-refractivity contribution is 7.88. The summed E-state index contributed by atoms with van der Waals surface area (Å²) in [5, 5.41) is 0.482. The van der Waals surface area contributed by atoms with Crippen LogP contribution in [0.1, 0.15) is 31.2 Å². The molecular formula is C14H16Cl2F3NO2S. The number of sulfonamides is 1. The minimum Gasteiger partial charge on any atom is -0.212 e. The van der Waals surface area contributed by atoms with Gasteiger partial charge in [0.2, 0.25) is 10.0 Å². The number of alkyl halides is 3. The lowest BCUT2D eigenvalue weighted by molar-refractivity contribution is -0.187. The number of hydrogen-bond donors (Lipinski definition) is 1. The maximum Gasteiger partial charge on any atom is 0.393 e. The first-order valence-electron chi connectivity index (χ1n) is 7.09. The molecule has 1 aliphatic carbocycles. The first-order valence-corrected chi connectivity index (χ1v) is 9.50. The lowest BCUT2D eigenvalue weighted by atomic mass is 9.85. The summed E-state index contributed by atoms with van der Waals surface area (Å²) in [7, 11) is -3.91. The van der Waals surface area contributed by atoms with Crippen molar-refractivity contribution in [2.75, 3.05) is 0 Å². The van der Waals surface area contributed by atoms with Crippen molar-refractivity contribution in [2.24, 2.45) is 5.92 Å². The van der Waals surface area contributed by atoms with Gasteiger partial charge in [-0.3, -0.25) is 0 Å². The van der Waals surface area contributed by atoms with Crippen molar-refractivity contribution >= 4 is 33.2 Å². The number of nitrogens with one attached hydrogen (secondary N) is 1. The normalized spacial score (nSPS) is 23.0. The predicted octanol–water partition coefficient (Wildman–Crippen LogP) is 4.53. The fraction of sp³-hybridized carbons (Fsp3) is 0.571. The molecule has 3 nitrogen and oxygen atoms in total. The highest BCUT2D eigenvalue weighted by Gasteiger charge is 2.46. The van der Waals surface area contributed by atoms with Gasteiger partial charge in [0.15, 0.2) is 0 Å². The molecule has 0 amide bonds. The van der Waals surface area contributed by atoms with E-state index in [1.165, 1.54) is 18.2 Å². The maximum atomic E-state index is 13.0. The Bertz CT molecular complexity index is 664. The van der Waals surface area contributed by atoms with Crippen molar-refractivity contribution < 1.29 is 21.6 Å². The first-order chi connectivity index (χ1) is 10.6. The van der Waals surface area contributed by atoms with Crippen molar-refractivity contribution in [3.8, 4) is 0 Å². The molecule has 1 aromatic carbocycles. The van der Waals surface area contributed by atoms with Crippen molar-refractivity contribution in [2.45, 2.75) is 43.7 Å². The van der Waals surface area contributed by atoms with E-state index in [-0.39, 0.29) is 22.9 Å². The summed E-state index contributed by atoms with van der Waals surface area (Å²) in [5.41, 5.74) is 0.367. The molecule has 1 aromatic rings.